The van der Waals surface area contributed by atoms with Crippen LogP contribution in [-0.4, -0.2) is 36.0 Å². The third-order valence-electron chi connectivity index (χ3n) is 5.24. The monoisotopic (exact) mass is 351 g/mol. The lowest BCUT2D eigenvalue weighted by molar-refractivity contribution is -0.122. The van der Waals surface area contributed by atoms with Gasteiger partial charge < -0.3 is 10.6 Å². The number of amides is 1. The van der Waals surface area contributed by atoms with Crippen molar-refractivity contribution in [2.24, 2.45) is 0 Å². The summed E-state index contributed by atoms with van der Waals surface area (Å²) < 4.78 is 12.9. The Kier molecular flexibility index (Phi) is 4.47. The maximum atomic E-state index is 12.9. The molecule has 0 radical (unpaired) electrons. The van der Waals surface area contributed by atoms with Crippen LogP contribution in [0.4, 0.5) is 15.8 Å². The largest absolute Gasteiger partial charge is 0.369 e. The Morgan fingerprint density at radius 1 is 1.04 bits per heavy atom. The number of rotatable bonds is 3. The molecule has 134 valence electrons. The van der Waals surface area contributed by atoms with Gasteiger partial charge in [0, 0.05) is 19.6 Å². The summed E-state index contributed by atoms with van der Waals surface area (Å²) in [5.41, 5.74) is 2.33. The van der Waals surface area contributed by atoms with Crippen molar-refractivity contribution in [3.05, 3.63) is 66.0 Å². The zero-order valence-corrected chi connectivity index (χ0v) is 14.5. The molecule has 0 unspecified atom stereocenters. The van der Waals surface area contributed by atoms with Crippen LogP contribution >= 0.6 is 0 Å². The maximum absolute atomic E-state index is 12.9. The van der Waals surface area contributed by atoms with Gasteiger partial charge in [-0.15, -0.1) is 0 Å². The number of nitrogens with zero attached hydrogens (tertiary/aromatic N) is 1. The van der Waals surface area contributed by atoms with Crippen LogP contribution in [0.3, 0.4) is 0 Å². The van der Waals surface area contributed by atoms with E-state index in [2.05, 4.69) is 21.6 Å². The number of carbonyl (C=O) groups excluding carboxylic acids is 1. The standard InChI is InChI=1S/C21H22FN3O/c22-17-9-7-16(8-10-17)4-3-13-25-14-11-21(12-15-25)20(26)23-18-5-1-2-6-19(18)24-21/h1-10,24H,11-15H2,(H,23,26)/b4-3+. The van der Waals surface area contributed by atoms with E-state index in [9.17, 15) is 9.18 Å². The molecule has 0 bridgehead atoms. The summed E-state index contributed by atoms with van der Waals surface area (Å²) in [5, 5.41) is 6.52. The van der Waals surface area contributed by atoms with E-state index in [1.165, 1.54) is 12.1 Å². The number of likely N-dealkylation sites (tertiary alicyclic amines) is 1. The van der Waals surface area contributed by atoms with Gasteiger partial charge in [-0.2, -0.15) is 0 Å². The fourth-order valence-electron chi connectivity index (χ4n) is 3.64. The van der Waals surface area contributed by atoms with Gasteiger partial charge in [0.25, 0.3) is 0 Å². The van der Waals surface area contributed by atoms with Crippen molar-refractivity contribution in [2.75, 3.05) is 30.3 Å². The predicted octanol–water partition coefficient (Wildman–Crippen LogP) is 3.74. The number of anilines is 2. The quantitative estimate of drug-likeness (QED) is 0.885. The SMILES string of the molecule is O=C1Nc2ccccc2NC12CCN(C/C=C/c1ccc(F)cc1)CC2. The van der Waals surface area contributed by atoms with Crippen LogP contribution in [0.5, 0.6) is 0 Å². The number of piperidine rings is 1. The van der Waals surface area contributed by atoms with E-state index < -0.39 is 5.54 Å². The summed E-state index contributed by atoms with van der Waals surface area (Å²) in [6.07, 6.45) is 5.65. The van der Waals surface area contributed by atoms with E-state index in [0.717, 1.165) is 49.4 Å². The van der Waals surface area contributed by atoms with E-state index in [-0.39, 0.29) is 11.7 Å². The number of carbonyl (C=O) groups is 1. The molecule has 1 fully saturated rings. The van der Waals surface area contributed by atoms with Crippen LogP contribution in [0, 0.1) is 5.82 Å². The molecule has 26 heavy (non-hydrogen) atoms. The van der Waals surface area contributed by atoms with Gasteiger partial charge in [0.2, 0.25) is 5.91 Å². The van der Waals surface area contributed by atoms with Crippen LogP contribution in [0.15, 0.2) is 54.6 Å². The summed E-state index contributed by atoms with van der Waals surface area (Å²) in [5.74, 6) is -0.152. The lowest BCUT2D eigenvalue weighted by Gasteiger charge is -2.44. The second-order valence-corrected chi connectivity index (χ2v) is 6.96. The van der Waals surface area contributed by atoms with E-state index in [1.807, 2.05) is 30.3 Å². The molecule has 1 amide bonds. The lowest BCUT2D eigenvalue weighted by atomic mass is 9.84. The van der Waals surface area contributed by atoms with Crippen molar-refractivity contribution in [2.45, 2.75) is 18.4 Å². The predicted molar refractivity (Wildman–Crippen MR) is 103 cm³/mol. The van der Waals surface area contributed by atoms with Gasteiger partial charge in [0.05, 0.1) is 11.4 Å². The zero-order valence-electron chi connectivity index (χ0n) is 14.5. The van der Waals surface area contributed by atoms with Crippen LogP contribution in [0.25, 0.3) is 6.08 Å². The van der Waals surface area contributed by atoms with E-state index in [0.29, 0.717) is 0 Å². The fourth-order valence-corrected chi connectivity index (χ4v) is 3.64. The number of hydrogen-bond acceptors (Lipinski definition) is 3. The van der Waals surface area contributed by atoms with Gasteiger partial charge in [0.1, 0.15) is 11.4 Å². The van der Waals surface area contributed by atoms with Gasteiger partial charge in [-0.25, -0.2) is 4.39 Å². The first kappa shape index (κ1) is 16.8. The molecule has 0 aliphatic carbocycles. The number of para-hydroxylation sites is 2. The van der Waals surface area contributed by atoms with E-state index in [4.69, 9.17) is 0 Å². The number of fused-ring (bicyclic) bond motifs is 1. The molecule has 0 saturated carbocycles. The highest BCUT2D eigenvalue weighted by Gasteiger charge is 2.43. The van der Waals surface area contributed by atoms with Crippen LogP contribution < -0.4 is 10.6 Å². The molecule has 2 aliphatic heterocycles. The normalized spacial score (nSPS) is 19.2. The van der Waals surface area contributed by atoms with Crippen molar-refractivity contribution in [3.8, 4) is 0 Å². The Morgan fingerprint density at radius 3 is 2.46 bits per heavy atom. The molecule has 2 aliphatic rings. The minimum absolute atomic E-state index is 0.0673. The molecule has 1 saturated heterocycles. The number of halogens is 1. The number of nitrogens with one attached hydrogen (secondary N) is 2. The highest BCUT2D eigenvalue weighted by atomic mass is 19.1. The first-order chi connectivity index (χ1) is 12.6. The molecule has 2 heterocycles. The Morgan fingerprint density at radius 2 is 1.73 bits per heavy atom. The summed E-state index contributed by atoms with van der Waals surface area (Å²) in [4.78, 5) is 15.0. The van der Waals surface area contributed by atoms with Gasteiger partial charge in [-0.05, 0) is 42.7 Å². The van der Waals surface area contributed by atoms with Crippen molar-refractivity contribution >= 4 is 23.4 Å². The number of benzene rings is 2. The Hall–Kier alpha value is -2.66. The average molecular weight is 351 g/mol. The van der Waals surface area contributed by atoms with Gasteiger partial charge in [-0.3, -0.25) is 9.69 Å². The van der Waals surface area contributed by atoms with Gasteiger partial charge in [-0.1, -0.05) is 36.4 Å². The van der Waals surface area contributed by atoms with Crippen LogP contribution in [0.2, 0.25) is 0 Å². The summed E-state index contributed by atoms with van der Waals surface area (Å²) in [7, 11) is 0. The first-order valence-electron chi connectivity index (χ1n) is 8.98. The zero-order chi connectivity index (χ0) is 18.0. The maximum Gasteiger partial charge on any atom is 0.250 e. The molecule has 5 heteroatoms. The second-order valence-electron chi connectivity index (χ2n) is 6.96. The molecule has 1 spiro atoms. The van der Waals surface area contributed by atoms with Crippen molar-refractivity contribution in [1.29, 1.82) is 0 Å². The van der Waals surface area contributed by atoms with Crippen molar-refractivity contribution in [1.82, 2.24) is 4.90 Å². The highest BCUT2D eigenvalue weighted by Crippen LogP contribution is 2.36. The van der Waals surface area contributed by atoms with Gasteiger partial charge >= 0.3 is 0 Å². The Balaban J connectivity index is 1.35. The topological polar surface area (TPSA) is 44.4 Å². The Labute approximate surface area is 152 Å². The van der Waals surface area contributed by atoms with Crippen molar-refractivity contribution in [3.63, 3.8) is 0 Å². The third-order valence-corrected chi connectivity index (χ3v) is 5.24. The van der Waals surface area contributed by atoms with E-state index in [1.54, 1.807) is 12.1 Å². The van der Waals surface area contributed by atoms with Crippen LogP contribution in [-0.2, 0) is 4.79 Å². The lowest BCUT2D eigenvalue weighted by Crippen LogP contribution is -2.58. The summed E-state index contributed by atoms with van der Waals surface area (Å²) >= 11 is 0. The summed E-state index contributed by atoms with van der Waals surface area (Å²) in [6, 6.07) is 14.3. The Bertz CT molecular complexity index is 823. The molecule has 2 N–H and O–H groups in total. The van der Waals surface area contributed by atoms with Gasteiger partial charge in [0.15, 0.2) is 0 Å². The highest BCUT2D eigenvalue weighted by molar-refractivity contribution is 6.06. The molecule has 2 aromatic carbocycles. The first-order valence-corrected chi connectivity index (χ1v) is 8.98. The number of hydrogen-bond donors (Lipinski definition) is 2. The molecular formula is C21H22FN3O. The fraction of sp³-hybridized carbons (Fsp3) is 0.286. The molecule has 0 atom stereocenters. The van der Waals surface area contributed by atoms with Crippen LogP contribution in [0.1, 0.15) is 18.4 Å². The third kappa shape index (κ3) is 3.35. The molecule has 2 aromatic rings. The second kappa shape index (κ2) is 6.92. The van der Waals surface area contributed by atoms with Crippen molar-refractivity contribution < 1.29 is 9.18 Å². The minimum Gasteiger partial charge on any atom is -0.369 e. The summed E-state index contributed by atoms with van der Waals surface area (Å²) in [6.45, 7) is 2.54. The molecule has 4 nitrogen and oxygen atoms in total. The molecule has 0 aromatic heterocycles. The smallest absolute Gasteiger partial charge is 0.250 e. The average Bonchev–Trinajstić information content (AvgIpc) is 2.66. The van der Waals surface area contributed by atoms with E-state index >= 15 is 0 Å². The molecular weight excluding hydrogens is 329 g/mol. The molecule has 4 rings (SSSR count). The minimum atomic E-state index is -0.508.